The highest BCUT2D eigenvalue weighted by Crippen LogP contribution is 2.31. The van der Waals surface area contributed by atoms with Crippen molar-refractivity contribution in [3.8, 4) is 28.9 Å². The zero-order valence-corrected chi connectivity index (χ0v) is 19.6. The van der Waals surface area contributed by atoms with Crippen LogP contribution in [-0.4, -0.2) is 32.5 Å². The molecule has 1 heterocycles. The number of carbonyl (C=O) groups is 1. The third-order valence-electron chi connectivity index (χ3n) is 4.98. The zero-order valence-electron chi connectivity index (χ0n) is 18.8. The molecular formula is C26H23N5O2S. The number of thioether (sulfide) groups is 1. The molecule has 34 heavy (non-hydrogen) atoms. The van der Waals surface area contributed by atoms with E-state index in [9.17, 15) is 4.79 Å². The number of hydrogen-bond acceptors (Lipinski definition) is 6. The first-order chi connectivity index (χ1) is 16.6. The summed E-state index contributed by atoms with van der Waals surface area (Å²) in [5.41, 5.74) is 2.85. The Bertz CT molecular complexity index is 1310. The van der Waals surface area contributed by atoms with E-state index in [-0.39, 0.29) is 5.91 Å². The summed E-state index contributed by atoms with van der Waals surface area (Å²) in [4.78, 5) is 12.9. The Morgan fingerprint density at radius 2 is 1.85 bits per heavy atom. The highest BCUT2D eigenvalue weighted by Gasteiger charge is 2.22. The number of nitriles is 1. The molecule has 1 unspecified atom stereocenters. The van der Waals surface area contributed by atoms with Gasteiger partial charge in [0.25, 0.3) is 0 Å². The molecule has 0 fully saturated rings. The Morgan fingerprint density at radius 1 is 1.09 bits per heavy atom. The van der Waals surface area contributed by atoms with E-state index in [1.807, 2.05) is 73.0 Å². The molecule has 1 amide bonds. The maximum atomic E-state index is 12.9. The quantitative estimate of drug-likeness (QED) is 0.351. The van der Waals surface area contributed by atoms with Crippen LogP contribution in [0.15, 0.2) is 84.0 Å². The molecule has 3 aromatic carbocycles. The molecule has 1 aromatic heterocycles. The average molecular weight is 470 g/mol. The molecule has 1 N–H and O–H groups in total. The standard InChI is InChI=1S/C26H23N5O2S/c1-3-33-23-14-12-22(13-15-23)31-24(20-9-5-4-6-10-20)29-30-26(31)34-18(2)25(32)28-21-11-7-8-19(16-21)17-27/h4-16,18H,3H2,1-2H3,(H,28,32). The van der Waals surface area contributed by atoms with E-state index < -0.39 is 5.25 Å². The van der Waals surface area contributed by atoms with E-state index in [4.69, 9.17) is 10.00 Å². The minimum atomic E-state index is -0.458. The lowest BCUT2D eigenvalue weighted by Gasteiger charge is -2.14. The number of amides is 1. The summed E-state index contributed by atoms with van der Waals surface area (Å²) < 4.78 is 7.51. The summed E-state index contributed by atoms with van der Waals surface area (Å²) in [6.07, 6.45) is 0. The first-order valence-corrected chi connectivity index (χ1v) is 11.7. The number of benzene rings is 3. The molecule has 0 aliphatic carbocycles. The monoisotopic (exact) mass is 469 g/mol. The molecule has 0 saturated carbocycles. The van der Waals surface area contributed by atoms with E-state index in [2.05, 4.69) is 21.6 Å². The number of nitrogens with one attached hydrogen (secondary N) is 1. The molecule has 0 aliphatic rings. The van der Waals surface area contributed by atoms with Crippen molar-refractivity contribution in [1.29, 1.82) is 5.26 Å². The molecule has 1 atom stereocenters. The Balaban J connectivity index is 1.62. The van der Waals surface area contributed by atoms with Gasteiger partial charge in [0.15, 0.2) is 11.0 Å². The van der Waals surface area contributed by atoms with E-state index in [0.717, 1.165) is 17.0 Å². The Kier molecular flexibility index (Phi) is 7.25. The van der Waals surface area contributed by atoms with Crippen molar-refractivity contribution in [3.05, 3.63) is 84.4 Å². The molecule has 4 aromatic rings. The molecule has 8 heteroatoms. The summed E-state index contributed by atoms with van der Waals surface area (Å²) in [7, 11) is 0. The van der Waals surface area contributed by atoms with Gasteiger partial charge in [-0.05, 0) is 56.3 Å². The molecule has 7 nitrogen and oxygen atoms in total. The fourth-order valence-corrected chi connectivity index (χ4v) is 4.20. The Morgan fingerprint density at radius 3 is 2.56 bits per heavy atom. The van der Waals surface area contributed by atoms with Crippen LogP contribution in [-0.2, 0) is 4.79 Å². The number of hydrogen-bond donors (Lipinski definition) is 1. The van der Waals surface area contributed by atoms with E-state index >= 15 is 0 Å². The second kappa shape index (κ2) is 10.7. The lowest BCUT2D eigenvalue weighted by Crippen LogP contribution is -2.23. The lowest BCUT2D eigenvalue weighted by molar-refractivity contribution is -0.115. The maximum absolute atomic E-state index is 12.9. The number of carbonyl (C=O) groups excluding carboxylic acids is 1. The summed E-state index contributed by atoms with van der Waals surface area (Å²) in [5.74, 6) is 1.27. The van der Waals surface area contributed by atoms with Crippen LogP contribution in [0, 0.1) is 11.3 Å². The van der Waals surface area contributed by atoms with Crippen LogP contribution in [0.3, 0.4) is 0 Å². The predicted octanol–water partition coefficient (Wildman–Crippen LogP) is 5.32. The molecule has 0 aliphatic heterocycles. The minimum absolute atomic E-state index is 0.192. The van der Waals surface area contributed by atoms with Crippen LogP contribution in [0.1, 0.15) is 19.4 Å². The van der Waals surface area contributed by atoms with Gasteiger partial charge in [0.05, 0.1) is 23.5 Å². The second-order valence-corrected chi connectivity index (χ2v) is 8.68. The molecule has 0 spiro atoms. The number of nitrogens with zero attached hydrogens (tertiary/aromatic N) is 4. The van der Waals surface area contributed by atoms with Crippen LogP contribution in [0.2, 0.25) is 0 Å². The van der Waals surface area contributed by atoms with Crippen LogP contribution in [0.25, 0.3) is 17.1 Å². The number of rotatable bonds is 8. The predicted molar refractivity (Wildman–Crippen MR) is 133 cm³/mol. The highest BCUT2D eigenvalue weighted by atomic mass is 32.2. The van der Waals surface area contributed by atoms with Crippen LogP contribution in [0.5, 0.6) is 5.75 Å². The third kappa shape index (κ3) is 5.27. The van der Waals surface area contributed by atoms with Gasteiger partial charge >= 0.3 is 0 Å². The molecule has 0 bridgehead atoms. The van der Waals surface area contributed by atoms with Crippen LogP contribution < -0.4 is 10.1 Å². The normalized spacial score (nSPS) is 11.4. The highest BCUT2D eigenvalue weighted by molar-refractivity contribution is 8.00. The first kappa shape index (κ1) is 23.1. The SMILES string of the molecule is CCOc1ccc(-n2c(SC(C)C(=O)Nc3cccc(C#N)c3)nnc2-c2ccccc2)cc1. The van der Waals surface area contributed by atoms with Gasteiger partial charge in [0.2, 0.25) is 5.91 Å². The Labute approximate surface area is 202 Å². The fourth-order valence-electron chi connectivity index (χ4n) is 3.33. The van der Waals surface area contributed by atoms with Crippen molar-refractivity contribution in [2.45, 2.75) is 24.3 Å². The van der Waals surface area contributed by atoms with Gasteiger partial charge in [-0.1, -0.05) is 48.2 Å². The van der Waals surface area contributed by atoms with Crippen molar-refractivity contribution in [2.75, 3.05) is 11.9 Å². The molecule has 170 valence electrons. The van der Waals surface area contributed by atoms with Crippen molar-refractivity contribution >= 4 is 23.4 Å². The van der Waals surface area contributed by atoms with Crippen molar-refractivity contribution < 1.29 is 9.53 Å². The van der Waals surface area contributed by atoms with Gasteiger partial charge in [-0.2, -0.15) is 5.26 Å². The summed E-state index contributed by atoms with van der Waals surface area (Å²) >= 11 is 1.31. The fraction of sp³-hybridized carbons (Fsp3) is 0.154. The Hall–Kier alpha value is -4.09. The number of aromatic nitrogens is 3. The summed E-state index contributed by atoms with van der Waals surface area (Å²) in [6, 6.07) is 26.4. The summed E-state index contributed by atoms with van der Waals surface area (Å²) in [6.45, 7) is 4.35. The van der Waals surface area contributed by atoms with Crippen LogP contribution in [0.4, 0.5) is 5.69 Å². The van der Waals surface area contributed by atoms with Gasteiger partial charge in [0, 0.05) is 16.9 Å². The molecule has 0 radical (unpaired) electrons. The molecule has 0 saturated heterocycles. The third-order valence-corrected chi connectivity index (χ3v) is 6.02. The second-order valence-electron chi connectivity index (χ2n) is 7.38. The van der Waals surface area contributed by atoms with Gasteiger partial charge in [-0.15, -0.1) is 10.2 Å². The topological polar surface area (TPSA) is 92.8 Å². The molecular weight excluding hydrogens is 446 g/mol. The maximum Gasteiger partial charge on any atom is 0.237 e. The van der Waals surface area contributed by atoms with Crippen LogP contribution >= 0.6 is 11.8 Å². The smallest absolute Gasteiger partial charge is 0.237 e. The van der Waals surface area contributed by atoms with Gasteiger partial charge in [-0.3, -0.25) is 9.36 Å². The first-order valence-electron chi connectivity index (χ1n) is 10.8. The number of ether oxygens (including phenoxy) is 1. The van der Waals surface area contributed by atoms with Gasteiger partial charge in [0.1, 0.15) is 5.75 Å². The van der Waals surface area contributed by atoms with E-state index in [0.29, 0.717) is 28.8 Å². The molecule has 4 rings (SSSR count). The lowest BCUT2D eigenvalue weighted by atomic mass is 10.2. The van der Waals surface area contributed by atoms with Gasteiger partial charge in [-0.25, -0.2) is 0 Å². The van der Waals surface area contributed by atoms with Crippen molar-refractivity contribution in [1.82, 2.24) is 14.8 Å². The summed E-state index contributed by atoms with van der Waals surface area (Å²) in [5, 5.41) is 20.9. The average Bonchev–Trinajstić information content (AvgIpc) is 3.28. The zero-order chi connectivity index (χ0) is 23.9. The van der Waals surface area contributed by atoms with Crippen molar-refractivity contribution in [2.24, 2.45) is 0 Å². The van der Waals surface area contributed by atoms with Gasteiger partial charge < -0.3 is 10.1 Å². The minimum Gasteiger partial charge on any atom is -0.494 e. The van der Waals surface area contributed by atoms with E-state index in [1.165, 1.54) is 11.8 Å². The largest absolute Gasteiger partial charge is 0.494 e. The van der Waals surface area contributed by atoms with Crippen molar-refractivity contribution in [3.63, 3.8) is 0 Å². The number of anilines is 1. The van der Waals surface area contributed by atoms with E-state index in [1.54, 1.807) is 24.3 Å².